The normalized spacial score (nSPS) is 11.8. The number of halogens is 4. The van der Waals surface area contributed by atoms with Gasteiger partial charge in [-0.25, -0.2) is 14.2 Å². The highest BCUT2D eigenvalue weighted by molar-refractivity contribution is 5.94. The van der Waals surface area contributed by atoms with Gasteiger partial charge in [-0.15, -0.1) is 0 Å². The number of rotatable bonds is 1. The van der Waals surface area contributed by atoms with E-state index >= 15 is 0 Å². The highest BCUT2D eigenvalue weighted by atomic mass is 19.4. The maximum Gasteiger partial charge on any atom is 0.434 e. The molecule has 0 fully saturated rings. The molecule has 94 valence electrons. The van der Waals surface area contributed by atoms with Gasteiger partial charge in [0.2, 0.25) is 0 Å². The molecule has 2 aromatic rings. The van der Waals surface area contributed by atoms with E-state index in [1.165, 1.54) is 12.1 Å². The Balaban J connectivity index is 2.86. The summed E-state index contributed by atoms with van der Waals surface area (Å²) < 4.78 is 51.2. The van der Waals surface area contributed by atoms with Gasteiger partial charge < -0.3 is 5.11 Å². The fraction of sp³-hybridized carbons (Fsp3) is 0.0909. The number of benzene rings is 1. The third-order valence-corrected chi connectivity index (χ3v) is 2.30. The summed E-state index contributed by atoms with van der Waals surface area (Å²) >= 11 is 0. The minimum Gasteiger partial charge on any atom is -0.478 e. The van der Waals surface area contributed by atoms with Gasteiger partial charge in [0.15, 0.2) is 5.69 Å². The minimum absolute atomic E-state index is 0.000370. The molecule has 0 aliphatic carbocycles. The van der Waals surface area contributed by atoms with Gasteiger partial charge in [0.05, 0.1) is 5.56 Å². The summed E-state index contributed by atoms with van der Waals surface area (Å²) in [6.45, 7) is 0. The lowest BCUT2D eigenvalue weighted by Gasteiger charge is -2.10. The van der Waals surface area contributed by atoms with Gasteiger partial charge in [-0.1, -0.05) is 12.1 Å². The molecule has 0 amide bonds. The predicted octanol–water partition coefficient (Wildman–Crippen LogP) is 3.09. The van der Waals surface area contributed by atoms with Crippen LogP contribution in [0.15, 0.2) is 24.3 Å². The number of hydrogen-bond donors (Lipinski definition) is 1. The van der Waals surface area contributed by atoms with E-state index in [1.807, 2.05) is 0 Å². The van der Waals surface area contributed by atoms with Crippen LogP contribution in [0.5, 0.6) is 0 Å². The van der Waals surface area contributed by atoms with Crippen molar-refractivity contribution in [1.29, 1.82) is 0 Å². The first-order valence-electron chi connectivity index (χ1n) is 4.70. The van der Waals surface area contributed by atoms with Crippen LogP contribution in [0.4, 0.5) is 17.6 Å². The number of para-hydroxylation sites is 1. The van der Waals surface area contributed by atoms with Gasteiger partial charge in [-0.3, -0.25) is 0 Å². The maximum absolute atomic E-state index is 13.3. The molecule has 1 N–H and O–H groups in total. The summed E-state index contributed by atoms with van der Waals surface area (Å²) in [4.78, 5) is 13.8. The molecule has 0 aliphatic heterocycles. The van der Waals surface area contributed by atoms with Crippen molar-refractivity contribution in [3.05, 3.63) is 41.3 Å². The van der Waals surface area contributed by atoms with Gasteiger partial charge in [0, 0.05) is 5.39 Å². The smallest absolute Gasteiger partial charge is 0.434 e. The molecule has 2 rings (SSSR count). The van der Waals surface area contributed by atoms with Crippen LogP contribution in [0.3, 0.4) is 0 Å². The van der Waals surface area contributed by atoms with E-state index in [9.17, 15) is 22.4 Å². The van der Waals surface area contributed by atoms with E-state index in [-0.39, 0.29) is 5.39 Å². The number of pyridine rings is 1. The number of alkyl halides is 3. The summed E-state index contributed by atoms with van der Waals surface area (Å²) in [7, 11) is 0. The Labute approximate surface area is 97.7 Å². The number of carboxylic acid groups (broad SMARTS) is 1. The van der Waals surface area contributed by atoms with E-state index in [0.29, 0.717) is 0 Å². The highest BCUT2D eigenvalue weighted by Crippen LogP contribution is 2.32. The monoisotopic (exact) mass is 259 g/mol. The van der Waals surface area contributed by atoms with E-state index in [2.05, 4.69) is 4.98 Å². The first-order valence-corrected chi connectivity index (χ1v) is 4.70. The van der Waals surface area contributed by atoms with Crippen molar-refractivity contribution in [2.75, 3.05) is 0 Å². The van der Waals surface area contributed by atoms with Crippen molar-refractivity contribution >= 4 is 16.9 Å². The SMILES string of the molecule is O=C(O)c1cc2cccc(F)c2nc1C(F)(F)F. The molecular weight excluding hydrogens is 254 g/mol. The molecule has 0 spiro atoms. The average molecular weight is 259 g/mol. The van der Waals surface area contributed by atoms with E-state index in [1.54, 1.807) is 0 Å². The van der Waals surface area contributed by atoms with Gasteiger partial charge in [-0.2, -0.15) is 13.2 Å². The Hall–Kier alpha value is -2.18. The molecule has 18 heavy (non-hydrogen) atoms. The number of nitrogens with zero attached hydrogens (tertiary/aromatic N) is 1. The number of carbonyl (C=O) groups is 1. The fourth-order valence-electron chi connectivity index (χ4n) is 1.54. The first-order chi connectivity index (χ1) is 8.30. The van der Waals surface area contributed by atoms with E-state index in [0.717, 1.165) is 12.1 Å². The summed E-state index contributed by atoms with van der Waals surface area (Å²) in [5.41, 5.74) is -3.11. The second-order valence-corrected chi connectivity index (χ2v) is 3.50. The van der Waals surface area contributed by atoms with E-state index in [4.69, 9.17) is 5.11 Å². The molecule has 0 aliphatic rings. The molecule has 3 nitrogen and oxygen atoms in total. The van der Waals surface area contributed by atoms with Crippen molar-refractivity contribution in [3.8, 4) is 0 Å². The molecule has 0 saturated heterocycles. The number of aromatic nitrogens is 1. The number of carboxylic acids is 1. The largest absolute Gasteiger partial charge is 0.478 e. The van der Waals surface area contributed by atoms with Crippen molar-refractivity contribution in [3.63, 3.8) is 0 Å². The lowest BCUT2D eigenvalue weighted by molar-refractivity contribution is -0.141. The second-order valence-electron chi connectivity index (χ2n) is 3.50. The quantitative estimate of drug-likeness (QED) is 0.800. The zero-order chi connectivity index (χ0) is 13.5. The van der Waals surface area contributed by atoms with Gasteiger partial charge in [0.1, 0.15) is 11.3 Å². The Morgan fingerprint density at radius 1 is 1.28 bits per heavy atom. The predicted molar refractivity (Wildman–Crippen MR) is 53.7 cm³/mol. The molecule has 0 radical (unpaired) electrons. The molecular formula is C11H5F4NO2. The van der Waals surface area contributed by atoms with Crippen LogP contribution in [0.1, 0.15) is 16.1 Å². The van der Waals surface area contributed by atoms with Crippen LogP contribution in [-0.4, -0.2) is 16.1 Å². The number of fused-ring (bicyclic) bond motifs is 1. The molecule has 0 saturated carbocycles. The van der Waals surface area contributed by atoms with Gasteiger partial charge >= 0.3 is 12.1 Å². The Morgan fingerprint density at radius 3 is 2.50 bits per heavy atom. The first kappa shape index (κ1) is 12.3. The van der Waals surface area contributed by atoms with E-state index < -0.39 is 34.7 Å². The minimum atomic E-state index is -4.95. The Kier molecular flexibility index (Phi) is 2.68. The van der Waals surface area contributed by atoms with Crippen LogP contribution >= 0.6 is 0 Å². The lowest BCUT2D eigenvalue weighted by Crippen LogP contribution is -2.15. The zero-order valence-corrected chi connectivity index (χ0v) is 8.62. The summed E-state index contributed by atoms with van der Waals surface area (Å²) in [5, 5.41) is 8.72. The Morgan fingerprint density at radius 2 is 1.94 bits per heavy atom. The zero-order valence-electron chi connectivity index (χ0n) is 8.62. The van der Waals surface area contributed by atoms with Crippen LogP contribution in [0.25, 0.3) is 10.9 Å². The standard InChI is InChI=1S/C11H5F4NO2/c12-7-3-1-2-5-4-6(10(17)18)9(11(13,14)15)16-8(5)7/h1-4H,(H,17,18). The topological polar surface area (TPSA) is 50.2 Å². The van der Waals surface area contributed by atoms with Crippen LogP contribution < -0.4 is 0 Å². The third kappa shape index (κ3) is 1.99. The molecule has 0 bridgehead atoms. The van der Waals surface area contributed by atoms with Crippen LogP contribution in [-0.2, 0) is 6.18 Å². The fourth-order valence-corrected chi connectivity index (χ4v) is 1.54. The molecule has 0 unspecified atom stereocenters. The molecule has 7 heteroatoms. The van der Waals surface area contributed by atoms with Gasteiger partial charge in [0.25, 0.3) is 0 Å². The van der Waals surface area contributed by atoms with Crippen molar-refractivity contribution in [2.45, 2.75) is 6.18 Å². The third-order valence-electron chi connectivity index (χ3n) is 2.30. The Bertz CT molecular complexity index is 637. The van der Waals surface area contributed by atoms with Crippen molar-refractivity contribution in [2.24, 2.45) is 0 Å². The second kappa shape index (κ2) is 3.94. The summed E-state index contributed by atoms with van der Waals surface area (Å²) in [6, 6.07) is 4.27. The number of aromatic carboxylic acids is 1. The molecule has 1 aromatic heterocycles. The van der Waals surface area contributed by atoms with Crippen molar-refractivity contribution in [1.82, 2.24) is 4.98 Å². The summed E-state index contributed by atoms with van der Waals surface area (Å²) in [5.74, 6) is -2.70. The van der Waals surface area contributed by atoms with Crippen LogP contribution in [0, 0.1) is 5.82 Å². The molecule has 1 heterocycles. The molecule has 0 atom stereocenters. The van der Waals surface area contributed by atoms with Crippen LogP contribution in [0.2, 0.25) is 0 Å². The number of hydrogen-bond acceptors (Lipinski definition) is 2. The lowest BCUT2D eigenvalue weighted by atomic mass is 10.1. The highest BCUT2D eigenvalue weighted by Gasteiger charge is 2.38. The average Bonchev–Trinajstić information content (AvgIpc) is 2.26. The van der Waals surface area contributed by atoms with Crippen molar-refractivity contribution < 1.29 is 27.5 Å². The maximum atomic E-state index is 13.3. The van der Waals surface area contributed by atoms with Gasteiger partial charge in [-0.05, 0) is 12.1 Å². The summed E-state index contributed by atoms with van der Waals surface area (Å²) in [6.07, 6.45) is -4.95. The molecule has 1 aromatic carbocycles.